The maximum atomic E-state index is 14.0. The number of amides is 3. The zero-order valence-electron chi connectivity index (χ0n) is 21.4. The Kier molecular flexibility index (Phi) is 7.83. The lowest BCUT2D eigenvalue weighted by Gasteiger charge is -2.40. The Morgan fingerprint density at radius 3 is 2.60 bits per heavy atom. The molecule has 13 heteroatoms. The van der Waals surface area contributed by atoms with Gasteiger partial charge in [0, 0.05) is 50.4 Å². The Morgan fingerprint density at radius 1 is 1.10 bits per heavy atom. The molecule has 0 radical (unpaired) electrons. The normalized spacial score (nSPS) is 15.1. The van der Waals surface area contributed by atoms with E-state index in [2.05, 4.69) is 5.32 Å². The lowest BCUT2D eigenvalue weighted by atomic mass is 10.1. The molecule has 210 valence electrons. The number of hydrogen-bond donors (Lipinski definition) is 2. The van der Waals surface area contributed by atoms with Gasteiger partial charge in [-0.15, -0.1) is 0 Å². The monoisotopic (exact) mass is 571 g/mol. The Morgan fingerprint density at radius 2 is 1.90 bits per heavy atom. The molecule has 0 spiro atoms. The Labute approximate surface area is 232 Å². The first kappa shape index (κ1) is 27.3. The van der Waals surface area contributed by atoms with Crippen molar-refractivity contribution < 1.29 is 28.3 Å². The van der Waals surface area contributed by atoms with Crippen molar-refractivity contribution in [1.29, 1.82) is 0 Å². The van der Waals surface area contributed by atoms with Gasteiger partial charge in [0.05, 0.1) is 6.54 Å². The minimum atomic E-state index is -1.04. The minimum absolute atomic E-state index is 0.0116. The van der Waals surface area contributed by atoms with Crippen molar-refractivity contribution in [2.75, 3.05) is 31.3 Å². The van der Waals surface area contributed by atoms with Crippen LogP contribution in [0.25, 0.3) is 0 Å². The van der Waals surface area contributed by atoms with E-state index in [9.17, 15) is 33.1 Å². The molecule has 40 heavy (non-hydrogen) atoms. The van der Waals surface area contributed by atoms with Crippen LogP contribution in [0.2, 0.25) is 0 Å². The highest BCUT2D eigenvalue weighted by molar-refractivity contribution is 7.07. The smallest absolute Gasteiger partial charge is 0.277 e. The second-order valence-electron chi connectivity index (χ2n) is 9.68. The molecule has 2 aromatic heterocycles. The molecule has 3 aromatic rings. The van der Waals surface area contributed by atoms with Crippen LogP contribution in [0.15, 0.2) is 46.0 Å². The van der Waals surface area contributed by atoms with Crippen LogP contribution >= 0.6 is 11.3 Å². The van der Waals surface area contributed by atoms with Crippen LogP contribution in [-0.2, 0) is 17.9 Å². The van der Waals surface area contributed by atoms with Crippen molar-refractivity contribution in [1.82, 2.24) is 19.8 Å². The van der Waals surface area contributed by atoms with Crippen LogP contribution in [0.3, 0.4) is 0 Å². The molecule has 0 atom stereocenters. The first-order chi connectivity index (χ1) is 19.2. The van der Waals surface area contributed by atoms with Crippen molar-refractivity contribution in [2.24, 2.45) is 0 Å². The molecule has 1 saturated heterocycles. The minimum Gasteiger partial charge on any atom is -0.502 e. The fourth-order valence-corrected chi connectivity index (χ4v) is 5.53. The molecule has 1 fully saturated rings. The molecular weight excluding hydrogens is 544 g/mol. The number of pyridine rings is 1. The van der Waals surface area contributed by atoms with E-state index in [1.165, 1.54) is 33.2 Å². The lowest BCUT2D eigenvalue weighted by Crippen LogP contribution is -2.54. The van der Waals surface area contributed by atoms with Crippen molar-refractivity contribution in [3.63, 3.8) is 0 Å². The summed E-state index contributed by atoms with van der Waals surface area (Å²) in [6, 6.07) is 4.81. The Balaban J connectivity index is 1.40. The highest BCUT2D eigenvalue weighted by atomic mass is 32.1. The number of carbonyl (C=O) groups excluding carboxylic acids is 3. The number of benzene rings is 1. The summed E-state index contributed by atoms with van der Waals surface area (Å²) in [5, 5.41) is 18.8. The van der Waals surface area contributed by atoms with Gasteiger partial charge in [-0.2, -0.15) is 11.3 Å². The number of nitrogens with zero attached hydrogens (tertiary/aromatic N) is 4. The molecule has 0 saturated carbocycles. The standard InChI is InChI=1S/C27H27F2N5O5S/c28-19-5-4-18(21(29)11-19)12-30-26(38)20-14-34-23(25(37)24(20)36)27(39)32(9-2-8-31-7-1-3-22(31)35)16-33(34)13-17-6-10-40-15-17/h4-6,10-11,14-15,37H,1-3,7-9,12-13,16H2,(H,30,38). The molecule has 0 bridgehead atoms. The van der Waals surface area contributed by atoms with Gasteiger partial charge >= 0.3 is 0 Å². The summed E-state index contributed by atoms with van der Waals surface area (Å²) in [6.07, 6.45) is 3.05. The van der Waals surface area contributed by atoms with E-state index in [0.717, 1.165) is 18.1 Å². The summed E-state index contributed by atoms with van der Waals surface area (Å²) in [4.78, 5) is 54.6. The molecule has 0 aliphatic carbocycles. The van der Waals surface area contributed by atoms with Crippen LogP contribution in [0.1, 0.15) is 51.2 Å². The topological polar surface area (TPSA) is 115 Å². The largest absolute Gasteiger partial charge is 0.502 e. The van der Waals surface area contributed by atoms with Crippen molar-refractivity contribution in [3.05, 3.63) is 85.5 Å². The molecule has 1 aromatic carbocycles. The van der Waals surface area contributed by atoms with E-state index in [-0.39, 0.29) is 30.4 Å². The lowest BCUT2D eigenvalue weighted by molar-refractivity contribution is -0.127. The van der Waals surface area contributed by atoms with Crippen LogP contribution in [0.5, 0.6) is 5.75 Å². The molecule has 4 heterocycles. The van der Waals surface area contributed by atoms with E-state index < -0.39 is 40.2 Å². The number of hydrogen-bond acceptors (Lipinski definition) is 7. The van der Waals surface area contributed by atoms with Gasteiger partial charge in [-0.25, -0.2) is 8.78 Å². The summed E-state index contributed by atoms with van der Waals surface area (Å²) in [7, 11) is 0. The van der Waals surface area contributed by atoms with E-state index in [1.54, 1.807) is 9.91 Å². The average Bonchev–Trinajstić information content (AvgIpc) is 3.59. The van der Waals surface area contributed by atoms with Crippen LogP contribution in [0.4, 0.5) is 8.78 Å². The van der Waals surface area contributed by atoms with Crippen molar-refractivity contribution >= 4 is 29.1 Å². The second-order valence-corrected chi connectivity index (χ2v) is 10.5. The molecule has 0 unspecified atom stereocenters. The number of aromatic nitrogens is 1. The highest BCUT2D eigenvalue weighted by Gasteiger charge is 2.34. The summed E-state index contributed by atoms with van der Waals surface area (Å²) in [5.74, 6) is -3.87. The maximum absolute atomic E-state index is 14.0. The zero-order chi connectivity index (χ0) is 28.4. The number of halogens is 2. The summed E-state index contributed by atoms with van der Waals surface area (Å²) >= 11 is 1.49. The summed E-state index contributed by atoms with van der Waals surface area (Å²) in [6.45, 7) is 1.59. The van der Waals surface area contributed by atoms with Gasteiger partial charge in [0.1, 0.15) is 23.9 Å². The molecule has 2 aliphatic rings. The fraction of sp³-hybridized carbons (Fsp3) is 0.333. The molecule has 10 nitrogen and oxygen atoms in total. The molecule has 2 aliphatic heterocycles. The first-order valence-corrected chi connectivity index (χ1v) is 13.7. The first-order valence-electron chi connectivity index (χ1n) is 12.8. The van der Waals surface area contributed by atoms with Gasteiger partial charge in [0.25, 0.3) is 11.8 Å². The molecule has 3 amide bonds. The van der Waals surface area contributed by atoms with E-state index in [4.69, 9.17) is 0 Å². The van der Waals surface area contributed by atoms with Crippen molar-refractivity contribution in [2.45, 2.75) is 32.4 Å². The number of aromatic hydroxyl groups is 1. The summed E-state index contributed by atoms with van der Waals surface area (Å²) < 4.78 is 28.5. The average molecular weight is 572 g/mol. The number of carbonyl (C=O) groups is 3. The number of rotatable bonds is 9. The third-order valence-electron chi connectivity index (χ3n) is 6.96. The zero-order valence-corrected chi connectivity index (χ0v) is 22.3. The Hall–Kier alpha value is -4.26. The van der Waals surface area contributed by atoms with Crippen molar-refractivity contribution in [3.8, 4) is 5.75 Å². The van der Waals surface area contributed by atoms with E-state index in [1.807, 2.05) is 16.8 Å². The fourth-order valence-electron chi connectivity index (χ4n) is 4.87. The number of fused-ring (bicyclic) bond motifs is 1. The van der Waals surface area contributed by atoms with Gasteiger partial charge in [0.2, 0.25) is 11.3 Å². The van der Waals surface area contributed by atoms with Crippen LogP contribution in [0, 0.1) is 11.6 Å². The maximum Gasteiger partial charge on any atom is 0.277 e. The predicted molar refractivity (Wildman–Crippen MR) is 142 cm³/mol. The SMILES string of the molecule is O=C(NCc1ccc(F)cc1F)c1cn2c(c(O)c1=O)C(=O)N(CCCN1CCCC1=O)CN2Cc1ccsc1. The summed E-state index contributed by atoms with van der Waals surface area (Å²) in [5.41, 5.74) is -0.823. The molecular formula is C27H27F2N5O5S. The third-order valence-corrected chi connectivity index (χ3v) is 7.70. The number of likely N-dealkylation sites (tertiary alicyclic amines) is 1. The molecule has 2 N–H and O–H groups in total. The predicted octanol–water partition coefficient (Wildman–Crippen LogP) is 2.39. The second kappa shape index (κ2) is 11.5. The van der Waals surface area contributed by atoms with Gasteiger partial charge in [-0.05, 0) is 41.3 Å². The third kappa shape index (κ3) is 5.55. The highest BCUT2D eigenvalue weighted by Crippen LogP contribution is 2.24. The van der Waals surface area contributed by atoms with Gasteiger partial charge in [0.15, 0.2) is 11.4 Å². The molecule has 5 rings (SSSR count). The number of nitrogens with one attached hydrogen (secondary N) is 1. The van der Waals surface area contributed by atoms with E-state index >= 15 is 0 Å². The van der Waals surface area contributed by atoms with E-state index in [0.29, 0.717) is 45.1 Å². The van der Waals surface area contributed by atoms with Gasteiger partial charge < -0.3 is 20.2 Å². The Bertz CT molecular complexity index is 1510. The van der Waals surface area contributed by atoms with Gasteiger partial charge in [-0.3, -0.25) is 28.9 Å². The van der Waals surface area contributed by atoms with Crippen LogP contribution < -0.4 is 15.8 Å². The van der Waals surface area contributed by atoms with Gasteiger partial charge in [-0.1, -0.05) is 6.07 Å². The van der Waals surface area contributed by atoms with Crippen LogP contribution in [-0.4, -0.2) is 63.6 Å². The number of thiophene rings is 1. The quantitative estimate of drug-likeness (QED) is 0.408.